The number of aromatic nitrogens is 1. The second kappa shape index (κ2) is 10.4. The fourth-order valence-corrected chi connectivity index (χ4v) is 5.17. The van der Waals surface area contributed by atoms with Crippen molar-refractivity contribution in [3.8, 4) is 0 Å². The Hall–Kier alpha value is -3.86. The number of piperidine rings is 1. The smallest absolute Gasteiger partial charge is 0.270 e. The average molecular weight is 480 g/mol. The van der Waals surface area contributed by atoms with Crippen LogP contribution in [-0.2, 0) is 17.9 Å². The maximum Gasteiger partial charge on any atom is 0.270 e. The molecule has 184 valence electrons. The molecule has 0 N–H and O–H groups in total. The third-order valence-corrected chi connectivity index (χ3v) is 7.26. The highest BCUT2D eigenvalue weighted by Gasteiger charge is 2.31. The third kappa shape index (κ3) is 5.06. The van der Waals surface area contributed by atoms with Crippen molar-refractivity contribution >= 4 is 22.7 Å². The van der Waals surface area contributed by atoms with Crippen LogP contribution < -0.4 is 0 Å². The fourth-order valence-electron chi connectivity index (χ4n) is 5.17. The number of nitrogens with zero attached hydrogens (tertiary/aromatic N) is 3. The summed E-state index contributed by atoms with van der Waals surface area (Å²) in [6.45, 7) is 4.53. The van der Waals surface area contributed by atoms with Crippen LogP contribution in [0.2, 0.25) is 0 Å². The van der Waals surface area contributed by atoms with E-state index in [1.807, 2.05) is 65.4 Å². The van der Waals surface area contributed by atoms with E-state index in [1.54, 1.807) is 0 Å². The van der Waals surface area contributed by atoms with Gasteiger partial charge in [0.25, 0.3) is 5.91 Å². The van der Waals surface area contributed by atoms with E-state index in [0.29, 0.717) is 44.7 Å². The van der Waals surface area contributed by atoms with Gasteiger partial charge in [-0.2, -0.15) is 0 Å². The predicted molar refractivity (Wildman–Crippen MR) is 144 cm³/mol. The molecule has 0 unspecified atom stereocenters. The summed E-state index contributed by atoms with van der Waals surface area (Å²) < 4.78 is 2.13. The molecule has 4 aromatic rings. The van der Waals surface area contributed by atoms with Crippen LogP contribution in [0.5, 0.6) is 0 Å². The maximum atomic E-state index is 13.7. The van der Waals surface area contributed by atoms with Gasteiger partial charge in [-0.3, -0.25) is 9.59 Å². The van der Waals surface area contributed by atoms with E-state index >= 15 is 0 Å². The van der Waals surface area contributed by atoms with Crippen LogP contribution in [0.15, 0.2) is 84.9 Å². The van der Waals surface area contributed by atoms with Gasteiger partial charge in [-0.15, -0.1) is 0 Å². The summed E-state index contributed by atoms with van der Waals surface area (Å²) in [4.78, 5) is 30.5. The Morgan fingerprint density at radius 3 is 2.25 bits per heavy atom. The Bertz CT molecular complexity index is 1350. The lowest BCUT2D eigenvalue weighted by Crippen LogP contribution is -2.43. The molecule has 1 saturated heterocycles. The molecular weight excluding hydrogens is 446 g/mol. The summed E-state index contributed by atoms with van der Waals surface area (Å²) in [5, 5.41) is 1.07. The molecule has 1 aliphatic rings. The molecule has 2 heterocycles. The zero-order valence-electron chi connectivity index (χ0n) is 21.1. The van der Waals surface area contributed by atoms with Crippen molar-refractivity contribution in [2.24, 2.45) is 5.92 Å². The molecule has 0 spiro atoms. The van der Waals surface area contributed by atoms with Crippen molar-refractivity contribution in [1.82, 2.24) is 14.4 Å². The Morgan fingerprint density at radius 2 is 1.53 bits per heavy atom. The Kier molecular flexibility index (Phi) is 6.90. The molecule has 0 atom stereocenters. The van der Waals surface area contributed by atoms with E-state index in [0.717, 1.165) is 16.5 Å². The number of para-hydroxylation sites is 1. The lowest BCUT2D eigenvalue weighted by atomic mass is 9.95. The lowest BCUT2D eigenvalue weighted by molar-refractivity contribution is -0.136. The highest BCUT2D eigenvalue weighted by atomic mass is 16.2. The SMILES string of the molecule is Cc1ccc(Cn2c(C(=O)N3CCC(C(=O)N(C)Cc4ccccc4)CC3)cc3ccccc32)cc1. The quantitative estimate of drug-likeness (QED) is 0.366. The van der Waals surface area contributed by atoms with E-state index < -0.39 is 0 Å². The standard InChI is InChI=1S/C31H33N3O2/c1-23-12-14-25(15-13-23)22-34-28-11-7-6-10-27(28)20-29(34)31(36)33-18-16-26(17-19-33)30(35)32(2)21-24-8-4-3-5-9-24/h3-15,20,26H,16-19,21-22H2,1-2H3. The van der Waals surface area contributed by atoms with Crippen LogP contribution in [0, 0.1) is 12.8 Å². The Labute approximate surface area is 212 Å². The minimum absolute atomic E-state index is 0.0406. The number of carbonyl (C=O) groups is 2. The molecule has 0 aliphatic carbocycles. The molecule has 1 aliphatic heterocycles. The van der Waals surface area contributed by atoms with Gasteiger partial charge in [-0.1, -0.05) is 78.4 Å². The second-order valence-electron chi connectivity index (χ2n) is 9.91. The fraction of sp³-hybridized carbons (Fsp3) is 0.290. The zero-order chi connectivity index (χ0) is 25.1. The van der Waals surface area contributed by atoms with Crippen molar-refractivity contribution < 1.29 is 9.59 Å². The van der Waals surface area contributed by atoms with Gasteiger partial charge >= 0.3 is 0 Å². The van der Waals surface area contributed by atoms with Gasteiger partial charge in [0.15, 0.2) is 0 Å². The highest BCUT2D eigenvalue weighted by molar-refractivity contribution is 5.99. The van der Waals surface area contributed by atoms with Gasteiger partial charge in [-0.25, -0.2) is 0 Å². The van der Waals surface area contributed by atoms with Crippen LogP contribution in [0.4, 0.5) is 0 Å². The molecule has 3 aromatic carbocycles. The second-order valence-corrected chi connectivity index (χ2v) is 9.91. The summed E-state index contributed by atoms with van der Waals surface area (Å²) in [5.74, 6) is 0.169. The third-order valence-electron chi connectivity index (χ3n) is 7.26. The molecular formula is C31H33N3O2. The average Bonchev–Trinajstić information content (AvgIpc) is 3.28. The Balaban J connectivity index is 1.29. The van der Waals surface area contributed by atoms with Gasteiger partial charge in [-0.05, 0) is 43.0 Å². The van der Waals surface area contributed by atoms with Gasteiger partial charge in [0, 0.05) is 50.0 Å². The molecule has 0 bridgehead atoms. The molecule has 0 saturated carbocycles. The number of aryl methyl sites for hydroxylation is 1. The van der Waals surface area contributed by atoms with Crippen molar-refractivity contribution in [1.29, 1.82) is 0 Å². The minimum Gasteiger partial charge on any atom is -0.341 e. The van der Waals surface area contributed by atoms with E-state index in [1.165, 1.54) is 11.1 Å². The van der Waals surface area contributed by atoms with Crippen LogP contribution >= 0.6 is 0 Å². The zero-order valence-corrected chi connectivity index (χ0v) is 21.1. The molecule has 5 rings (SSSR count). The monoisotopic (exact) mass is 479 g/mol. The van der Waals surface area contributed by atoms with Crippen molar-refractivity contribution in [2.45, 2.75) is 32.9 Å². The Morgan fingerprint density at radius 1 is 0.861 bits per heavy atom. The van der Waals surface area contributed by atoms with E-state index in [-0.39, 0.29) is 17.7 Å². The molecule has 0 radical (unpaired) electrons. The van der Waals surface area contributed by atoms with E-state index in [2.05, 4.69) is 47.9 Å². The number of likely N-dealkylation sites (tertiary alicyclic amines) is 1. The van der Waals surface area contributed by atoms with E-state index in [9.17, 15) is 9.59 Å². The molecule has 5 nitrogen and oxygen atoms in total. The number of hydrogen-bond donors (Lipinski definition) is 0. The van der Waals surface area contributed by atoms with Crippen molar-refractivity contribution in [3.05, 3.63) is 107 Å². The van der Waals surface area contributed by atoms with Gasteiger partial charge in [0.1, 0.15) is 5.69 Å². The predicted octanol–water partition coefficient (Wildman–Crippen LogP) is 5.51. The van der Waals surface area contributed by atoms with Crippen LogP contribution in [0.25, 0.3) is 10.9 Å². The molecule has 1 aromatic heterocycles. The molecule has 5 heteroatoms. The number of hydrogen-bond acceptors (Lipinski definition) is 2. The first kappa shape index (κ1) is 23.9. The summed E-state index contributed by atoms with van der Waals surface area (Å²) in [6, 6.07) is 28.7. The first-order valence-corrected chi connectivity index (χ1v) is 12.7. The number of carbonyl (C=O) groups excluding carboxylic acids is 2. The molecule has 2 amide bonds. The van der Waals surface area contributed by atoms with Gasteiger partial charge in [0.05, 0.1) is 0 Å². The van der Waals surface area contributed by atoms with Crippen LogP contribution in [0.3, 0.4) is 0 Å². The lowest BCUT2D eigenvalue weighted by Gasteiger charge is -2.33. The number of rotatable bonds is 6. The largest absolute Gasteiger partial charge is 0.341 e. The first-order valence-electron chi connectivity index (χ1n) is 12.7. The maximum absolute atomic E-state index is 13.7. The number of benzene rings is 3. The minimum atomic E-state index is -0.0406. The van der Waals surface area contributed by atoms with Crippen molar-refractivity contribution in [2.75, 3.05) is 20.1 Å². The highest BCUT2D eigenvalue weighted by Crippen LogP contribution is 2.26. The topological polar surface area (TPSA) is 45.6 Å². The van der Waals surface area contributed by atoms with Gasteiger partial charge in [0.2, 0.25) is 5.91 Å². The summed E-state index contributed by atoms with van der Waals surface area (Å²) in [6.07, 6.45) is 1.39. The number of fused-ring (bicyclic) bond motifs is 1. The van der Waals surface area contributed by atoms with Crippen LogP contribution in [0.1, 0.15) is 40.0 Å². The van der Waals surface area contributed by atoms with Gasteiger partial charge < -0.3 is 14.4 Å². The van der Waals surface area contributed by atoms with Crippen molar-refractivity contribution in [3.63, 3.8) is 0 Å². The van der Waals surface area contributed by atoms with Crippen LogP contribution in [-0.4, -0.2) is 46.3 Å². The summed E-state index contributed by atoms with van der Waals surface area (Å²) in [7, 11) is 1.87. The van der Waals surface area contributed by atoms with E-state index in [4.69, 9.17) is 0 Å². The molecule has 36 heavy (non-hydrogen) atoms. The normalized spacial score (nSPS) is 14.2. The number of amides is 2. The molecule has 1 fully saturated rings. The summed E-state index contributed by atoms with van der Waals surface area (Å²) >= 11 is 0. The summed E-state index contributed by atoms with van der Waals surface area (Å²) in [5.41, 5.74) is 5.29. The first-order chi connectivity index (χ1) is 17.5.